The van der Waals surface area contributed by atoms with Crippen molar-refractivity contribution in [3.63, 3.8) is 0 Å². The molecule has 19 heavy (non-hydrogen) atoms. The largest absolute Gasteiger partial charge is 0.591 e. The van der Waals surface area contributed by atoms with Gasteiger partial charge in [0.2, 0.25) is 0 Å². The van der Waals surface area contributed by atoms with Gasteiger partial charge in [0.15, 0.2) is 5.30 Å². The Morgan fingerprint density at radius 3 is 1.84 bits per heavy atom. The van der Waals surface area contributed by atoms with E-state index in [1.807, 2.05) is 30.3 Å². The molecule has 1 unspecified atom stereocenters. The second-order valence-corrected chi connectivity index (χ2v) is 4.55. The summed E-state index contributed by atoms with van der Waals surface area (Å²) >= 11 is 0. The van der Waals surface area contributed by atoms with Crippen molar-refractivity contribution >= 4 is 24.7 Å². The molecule has 7 heteroatoms. The maximum Gasteiger partial charge on any atom is 0.348 e. The predicted molar refractivity (Wildman–Crippen MR) is 69.3 cm³/mol. The molecule has 0 aliphatic heterocycles. The maximum atomic E-state index is 10.3. The van der Waals surface area contributed by atoms with Crippen LogP contribution in [0.3, 0.4) is 0 Å². The second kappa shape index (κ2) is 7.33. The molecule has 2 aromatic carbocycles. The molecular formula is C12H12N2O4P+. The molecule has 0 bridgehead atoms. The Labute approximate surface area is 110 Å². The number of nitro groups is 1. The molecule has 0 aliphatic rings. The Bertz CT molecular complexity index is 525. The highest BCUT2D eigenvalue weighted by molar-refractivity contribution is 7.45. The van der Waals surface area contributed by atoms with Crippen LogP contribution in [0.25, 0.3) is 0 Å². The van der Waals surface area contributed by atoms with Crippen molar-refractivity contribution in [3.05, 3.63) is 64.7 Å². The van der Waals surface area contributed by atoms with Crippen molar-refractivity contribution in [1.82, 2.24) is 0 Å². The minimum Gasteiger partial charge on any atom is -0.591 e. The number of hydrogen-bond donors (Lipinski definition) is 1. The molecule has 0 fully saturated rings. The first-order valence-electron chi connectivity index (χ1n) is 5.26. The molecule has 0 amide bonds. The van der Waals surface area contributed by atoms with Gasteiger partial charge in [-0.3, -0.25) is 10.1 Å². The molecule has 0 saturated heterocycles. The van der Waals surface area contributed by atoms with Crippen molar-refractivity contribution in [2.75, 3.05) is 0 Å². The number of benzene rings is 2. The summed E-state index contributed by atoms with van der Waals surface area (Å²) in [6.07, 6.45) is 0. The summed E-state index contributed by atoms with van der Waals surface area (Å²) in [6.45, 7) is 0. The van der Waals surface area contributed by atoms with Crippen LogP contribution in [0.1, 0.15) is 0 Å². The quantitative estimate of drug-likeness (QED) is 0.499. The lowest BCUT2D eigenvalue weighted by Crippen LogP contribution is -2.39. The lowest BCUT2D eigenvalue weighted by atomic mass is 10.3. The fourth-order valence-electron chi connectivity index (χ4n) is 1.17. The lowest BCUT2D eigenvalue weighted by Gasteiger charge is -1.89. The van der Waals surface area contributed by atoms with Crippen molar-refractivity contribution < 1.29 is 20.1 Å². The number of hydrogen-bond acceptors (Lipinski definition) is 4. The van der Waals surface area contributed by atoms with E-state index in [0.717, 1.165) is 17.8 Å². The zero-order valence-electron chi connectivity index (χ0n) is 9.93. The fourth-order valence-corrected chi connectivity index (χ4v) is 1.57. The number of quaternary nitrogens is 1. The molecule has 0 spiro atoms. The average Bonchev–Trinajstić information content (AvgIpc) is 2.40. The molecule has 1 atom stereocenters. The highest BCUT2D eigenvalue weighted by Crippen LogP contribution is 2.12. The Hall–Kier alpha value is -2.14. The van der Waals surface area contributed by atoms with Gasteiger partial charge in [-0.25, -0.2) is 0 Å². The van der Waals surface area contributed by atoms with Crippen molar-refractivity contribution in [1.29, 1.82) is 0 Å². The van der Waals surface area contributed by atoms with Gasteiger partial charge in [-0.1, -0.05) is 22.8 Å². The van der Waals surface area contributed by atoms with E-state index in [-0.39, 0.29) is 11.0 Å². The van der Waals surface area contributed by atoms with Gasteiger partial charge in [-0.2, -0.15) is 0 Å². The Morgan fingerprint density at radius 1 is 1.00 bits per heavy atom. The van der Waals surface area contributed by atoms with Gasteiger partial charge >= 0.3 is 8.03 Å². The summed E-state index contributed by atoms with van der Waals surface area (Å²) in [5, 5.41) is 10.2. The first-order chi connectivity index (χ1) is 9.00. The normalized spacial score (nSPS) is 10.1. The van der Waals surface area contributed by atoms with E-state index in [9.17, 15) is 19.6 Å². The number of nitro benzene ring substituents is 1. The smallest absolute Gasteiger partial charge is 0.348 e. The van der Waals surface area contributed by atoms with Gasteiger partial charge in [0.1, 0.15) is 5.69 Å². The third-order valence-electron chi connectivity index (χ3n) is 2.11. The van der Waals surface area contributed by atoms with E-state index >= 15 is 0 Å². The van der Waals surface area contributed by atoms with E-state index < -0.39 is 13.0 Å². The monoisotopic (exact) mass is 279 g/mol. The molecular weight excluding hydrogens is 267 g/mol. The topological polar surface area (TPSA) is 111 Å². The van der Waals surface area contributed by atoms with E-state index in [1.54, 1.807) is 0 Å². The first-order valence-corrected chi connectivity index (χ1v) is 6.44. The third-order valence-corrected chi connectivity index (χ3v) is 2.83. The minimum absolute atomic E-state index is 0.0793. The lowest BCUT2D eigenvalue weighted by molar-refractivity contribution is -0.384. The van der Waals surface area contributed by atoms with Crippen LogP contribution in [-0.4, -0.2) is 4.92 Å². The van der Waals surface area contributed by atoms with E-state index in [0.29, 0.717) is 0 Å². The molecule has 0 heterocycles. The highest BCUT2D eigenvalue weighted by atomic mass is 31.1. The van der Waals surface area contributed by atoms with E-state index in [2.05, 4.69) is 5.73 Å². The Kier molecular flexibility index (Phi) is 5.75. The fraction of sp³-hybridized carbons (Fsp3) is 0. The minimum atomic E-state index is -2.65. The summed E-state index contributed by atoms with van der Waals surface area (Å²) in [6, 6.07) is 14.6. The Balaban J connectivity index is 0.000000218. The number of non-ortho nitro benzene ring substituents is 1. The number of rotatable bonds is 2. The highest BCUT2D eigenvalue weighted by Gasteiger charge is 2.10. The van der Waals surface area contributed by atoms with Crippen molar-refractivity contribution in [2.24, 2.45) is 0 Å². The summed E-state index contributed by atoms with van der Waals surface area (Å²) in [4.78, 5) is 19.9. The SMILES string of the molecule is O=[N+]([O-])c1ccc([P+](=O)[O-])cc1.[NH3+]c1ccccc1. The summed E-state index contributed by atoms with van der Waals surface area (Å²) < 4.78 is 10.3. The zero-order valence-corrected chi connectivity index (χ0v) is 10.8. The van der Waals surface area contributed by atoms with Crippen molar-refractivity contribution in [3.8, 4) is 0 Å². The standard InChI is InChI=1S/C6H4NO4P.C6H7N/c8-7(9)5-1-3-6(4-2-5)12(10)11;7-6-4-2-1-3-5-6/h1-4H;1-5H,7H2/p+1. The van der Waals surface area contributed by atoms with Crippen LogP contribution in [0.4, 0.5) is 11.4 Å². The molecule has 6 nitrogen and oxygen atoms in total. The van der Waals surface area contributed by atoms with Crippen LogP contribution in [-0.2, 0) is 4.57 Å². The van der Waals surface area contributed by atoms with E-state index in [4.69, 9.17) is 0 Å². The molecule has 98 valence electrons. The Morgan fingerprint density at radius 2 is 1.53 bits per heavy atom. The van der Waals surface area contributed by atoms with E-state index in [1.165, 1.54) is 12.1 Å². The number of nitrogens with zero attached hydrogens (tertiary/aromatic N) is 1. The van der Waals surface area contributed by atoms with Gasteiger partial charge < -0.3 is 10.6 Å². The molecule has 0 saturated carbocycles. The van der Waals surface area contributed by atoms with Crippen LogP contribution < -0.4 is 15.9 Å². The van der Waals surface area contributed by atoms with Crippen LogP contribution in [0, 0.1) is 10.1 Å². The maximum absolute atomic E-state index is 10.3. The summed E-state index contributed by atoms with van der Waals surface area (Å²) in [7, 11) is -2.65. The molecule has 0 aromatic heterocycles. The van der Waals surface area contributed by atoms with Gasteiger partial charge in [-0.05, 0) is 24.3 Å². The molecule has 2 aromatic rings. The van der Waals surface area contributed by atoms with Crippen LogP contribution in [0.2, 0.25) is 0 Å². The first kappa shape index (κ1) is 14.9. The van der Waals surface area contributed by atoms with Crippen LogP contribution in [0.15, 0.2) is 54.6 Å². The predicted octanol–water partition coefficient (Wildman–Crippen LogP) is 0.883. The molecule has 0 radical (unpaired) electrons. The van der Waals surface area contributed by atoms with Gasteiger partial charge in [0, 0.05) is 12.1 Å². The third kappa shape index (κ3) is 5.35. The summed E-state index contributed by atoms with van der Waals surface area (Å²) in [5.41, 5.74) is 4.68. The molecule has 0 aliphatic carbocycles. The van der Waals surface area contributed by atoms with Crippen molar-refractivity contribution in [2.45, 2.75) is 0 Å². The average molecular weight is 279 g/mol. The van der Waals surface area contributed by atoms with Gasteiger partial charge in [-0.15, -0.1) is 0 Å². The van der Waals surface area contributed by atoms with Crippen LogP contribution in [0.5, 0.6) is 0 Å². The second-order valence-electron chi connectivity index (χ2n) is 3.52. The summed E-state index contributed by atoms with van der Waals surface area (Å²) in [5.74, 6) is 0. The van der Waals surface area contributed by atoms with Crippen LogP contribution >= 0.6 is 8.03 Å². The molecule has 3 N–H and O–H groups in total. The van der Waals surface area contributed by atoms with Gasteiger partial charge in [0.05, 0.1) is 4.92 Å². The molecule has 2 rings (SSSR count). The zero-order chi connectivity index (χ0) is 14.3. The van der Waals surface area contributed by atoms with Gasteiger partial charge in [0.25, 0.3) is 5.69 Å².